The van der Waals surface area contributed by atoms with Gasteiger partial charge in [-0.3, -0.25) is 14.3 Å². The number of aromatic nitrogens is 2. The second-order valence-corrected chi connectivity index (χ2v) is 24.3. The molecule has 0 amide bonds. The predicted octanol–water partition coefficient (Wildman–Crippen LogP) is 3.05. The molecular formula is C24H43N3O8SSi2. The van der Waals surface area contributed by atoms with Crippen LogP contribution in [0.25, 0.3) is 0 Å². The van der Waals surface area contributed by atoms with E-state index >= 15 is 0 Å². The van der Waals surface area contributed by atoms with Crippen molar-refractivity contribution in [3.63, 3.8) is 0 Å². The number of hydrogen-bond donors (Lipinski definition) is 2. The lowest BCUT2D eigenvalue weighted by molar-refractivity contribution is -0.0563. The Balaban J connectivity index is 2.24. The lowest BCUT2D eigenvalue weighted by Crippen LogP contribution is -2.59. The summed E-state index contributed by atoms with van der Waals surface area (Å²) < 4.78 is 52.2. The van der Waals surface area contributed by atoms with E-state index in [0.29, 0.717) is 0 Å². The van der Waals surface area contributed by atoms with Crippen LogP contribution >= 0.6 is 0 Å². The van der Waals surface area contributed by atoms with Gasteiger partial charge in [0.05, 0.1) is 17.7 Å². The first-order chi connectivity index (χ1) is 17.0. The van der Waals surface area contributed by atoms with E-state index in [1.807, 2.05) is 33.9 Å². The summed E-state index contributed by atoms with van der Waals surface area (Å²) in [5.74, 6) is 0. The highest BCUT2D eigenvalue weighted by molar-refractivity contribution is 7.90. The van der Waals surface area contributed by atoms with Crippen LogP contribution in [-0.2, 0) is 27.9 Å². The third-order valence-electron chi connectivity index (χ3n) is 8.49. The first kappa shape index (κ1) is 31.0. The summed E-state index contributed by atoms with van der Waals surface area (Å²) in [4.78, 5) is 27.4. The van der Waals surface area contributed by atoms with Gasteiger partial charge in [0.25, 0.3) is 15.7 Å². The largest absolute Gasteiger partial charge is 0.414 e. The molecule has 2 aliphatic heterocycles. The molecule has 1 unspecified atom stereocenters. The van der Waals surface area contributed by atoms with Crippen LogP contribution in [0.15, 0.2) is 26.9 Å². The average Bonchev–Trinajstić information content (AvgIpc) is 3.14. The van der Waals surface area contributed by atoms with Crippen molar-refractivity contribution in [3.05, 3.63) is 43.7 Å². The maximum atomic E-state index is 13.0. The highest BCUT2D eigenvalue weighted by atomic mass is 32.2. The molecule has 0 saturated carbocycles. The molecule has 0 aromatic carbocycles. The highest BCUT2D eigenvalue weighted by Crippen LogP contribution is 2.52. The zero-order valence-electron chi connectivity index (χ0n) is 24.3. The molecule has 1 saturated heterocycles. The molecule has 3 heterocycles. The van der Waals surface area contributed by atoms with Crippen molar-refractivity contribution < 1.29 is 26.2 Å². The lowest BCUT2D eigenvalue weighted by atomic mass is 9.89. The summed E-state index contributed by atoms with van der Waals surface area (Å²) in [5.41, 5.74) is 3.61. The van der Waals surface area contributed by atoms with Gasteiger partial charge in [0.15, 0.2) is 28.5 Å². The van der Waals surface area contributed by atoms with Gasteiger partial charge in [-0.05, 0) is 43.2 Å². The van der Waals surface area contributed by atoms with E-state index in [2.05, 4.69) is 38.8 Å². The van der Waals surface area contributed by atoms with Crippen LogP contribution in [0, 0.1) is 6.92 Å². The molecule has 1 aromatic heterocycles. The second kappa shape index (κ2) is 9.52. The van der Waals surface area contributed by atoms with Crippen LogP contribution in [0.5, 0.6) is 0 Å². The van der Waals surface area contributed by atoms with E-state index in [0.717, 1.165) is 5.41 Å². The highest BCUT2D eigenvalue weighted by Gasteiger charge is 2.67. The topological polar surface area (TPSA) is 152 Å². The van der Waals surface area contributed by atoms with Gasteiger partial charge in [0.2, 0.25) is 0 Å². The summed E-state index contributed by atoms with van der Waals surface area (Å²) in [6.07, 6.45) is -1.93. The third kappa shape index (κ3) is 5.40. The fourth-order valence-electron chi connectivity index (χ4n) is 3.99. The minimum atomic E-state index is -4.18. The molecule has 14 heteroatoms. The summed E-state index contributed by atoms with van der Waals surface area (Å²) in [6, 6.07) is 0. The maximum absolute atomic E-state index is 13.0. The number of ether oxygens (including phenoxy) is 1. The van der Waals surface area contributed by atoms with E-state index in [-0.39, 0.29) is 27.9 Å². The standard InChI is InChI=1S/C24H43N3O8SSi2/c1-15-12-27(21(29)26-19(15)28)20-18(34-38(10,11)23(5,6)7)24(16(25)14-36(30,31)35-24)17(33-20)13-32-37(8,9)22(2,3)4/h12,14,17-18,20H,13,25H2,1-11H3,(H,26,28,29)/t17-,18+,20-,24?/m0/s1. The van der Waals surface area contributed by atoms with Gasteiger partial charge in [-0.1, -0.05) is 41.5 Å². The van der Waals surface area contributed by atoms with Gasteiger partial charge in [-0.25, -0.2) is 8.98 Å². The van der Waals surface area contributed by atoms with Gasteiger partial charge < -0.3 is 19.3 Å². The van der Waals surface area contributed by atoms with Gasteiger partial charge in [-0.2, -0.15) is 8.42 Å². The minimum Gasteiger partial charge on any atom is -0.414 e. The van der Waals surface area contributed by atoms with E-state index in [1.165, 1.54) is 10.8 Å². The lowest BCUT2D eigenvalue weighted by Gasteiger charge is -2.43. The molecule has 3 N–H and O–H groups in total. The fourth-order valence-corrected chi connectivity index (χ4v) is 7.50. The van der Waals surface area contributed by atoms with Crippen molar-refractivity contribution in [1.82, 2.24) is 9.55 Å². The Morgan fingerprint density at radius 1 is 1.08 bits per heavy atom. The van der Waals surface area contributed by atoms with Crippen LogP contribution < -0.4 is 17.0 Å². The number of rotatable bonds is 6. The van der Waals surface area contributed by atoms with E-state index in [4.69, 9.17) is 23.5 Å². The molecule has 0 aliphatic carbocycles. The van der Waals surface area contributed by atoms with Crippen molar-refractivity contribution in [2.75, 3.05) is 6.61 Å². The van der Waals surface area contributed by atoms with Crippen molar-refractivity contribution >= 4 is 26.8 Å². The Labute approximate surface area is 227 Å². The van der Waals surface area contributed by atoms with Gasteiger partial charge in [0, 0.05) is 11.8 Å². The fraction of sp³-hybridized carbons (Fsp3) is 0.750. The van der Waals surface area contributed by atoms with E-state index in [1.54, 1.807) is 6.92 Å². The SMILES string of the molecule is Cc1cn([C@H]2O[C@@H](CO[Si](C)(C)C(C)(C)C)C3(OS(=O)(=O)C=C3N)[C@@H]2O[Si](C)(C)C(C)(C)C)c(=O)[nH]c1=O. The first-order valence-corrected chi connectivity index (χ1v) is 20.0. The third-order valence-corrected chi connectivity index (χ3v) is 18.5. The Hall–Kier alpha value is -1.56. The number of hydrogen-bond acceptors (Lipinski definition) is 9. The monoisotopic (exact) mass is 589 g/mol. The van der Waals surface area contributed by atoms with Crippen molar-refractivity contribution in [2.45, 2.75) is 109 Å². The molecule has 0 radical (unpaired) electrons. The molecule has 216 valence electrons. The Morgan fingerprint density at radius 3 is 2.11 bits per heavy atom. The Bertz CT molecular complexity index is 1340. The average molecular weight is 590 g/mol. The summed E-state index contributed by atoms with van der Waals surface area (Å²) in [5, 5.41) is 0.462. The normalized spacial score (nSPS) is 28.2. The Kier molecular flexibility index (Phi) is 7.76. The molecule has 38 heavy (non-hydrogen) atoms. The molecule has 0 bridgehead atoms. The number of nitrogens with two attached hydrogens (primary N) is 1. The Morgan fingerprint density at radius 2 is 1.63 bits per heavy atom. The molecule has 1 aromatic rings. The van der Waals surface area contributed by atoms with E-state index in [9.17, 15) is 18.0 Å². The van der Waals surface area contributed by atoms with Crippen molar-refractivity contribution in [1.29, 1.82) is 0 Å². The van der Waals surface area contributed by atoms with Crippen LogP contribution in [0.2, 0.25) is 36.3 Å². The number of nitrogens with one attached hydrogen (secondary N) is 1. The van der Waals surface area contributed by atoms with Crippen molar-refractivity contribution in [2.24, 2.45) is 5.73 Å². The van der Waals surface area contributed by atoms with Gasteiger partial charge >= 0.3 is 5.69 Å². The maximum Gasteiger partial charge on any atom is 0.330 e. The van der Waals surface area contributed by atoms with Crippen LogP contribution in [0.4, 0.5) is 0 Å². The van der Waals surface area contributed by atoms with Gasteiger partial charge in [0.1, 0.15) is 12.2 Å². The van der Waals surface area contributed by atoms with Crippen molar-refractivity contribution in [3.8, 4) is 0 Å². The summed E-state index contributed by atoms with van der Waals surface area (Å²) in [6.45, 7) is 22.0. The molecule has 3 rings (SSSR count). The minimum absolute atomic E-state index is 0.0362. The summed E-state index contributed by atoms with van der Waals surface area (Å²) in [7, 11) is -9.13. The summed E-state index contributed by atoms with van der Waals surface area (Å²) >= 11 is 0. The molecular weight excluding hydrogens is 547 g/mol. The predicted molar refractivity (Wildman–Crippen MR) is 150 cm³/mol. The van der Waals surface area contributed by atoms with Crippen LogP contribution in [0.3, 0.4) is 0 Å². The van der Waals surface area contributed by atoms with Gasteiger partial charge in [-0.15, -0.1) is 0 Å². The molecule has 2 aliphatic rings. The molecule has 1 spiro atoms. The molecule has 11 nitrogen and oxygen atoms in total. The van der Waals surface area contributed by atoms with Crippen LogP contribution in [-0.4, -0.2) is 59.0 Å². The zero-order valence-corrected chi connectivity index (χ0v) is 27.1. The zero-order chi connectivity index (χ0) is 29.3. The number of H-pyrrole nitrogens is 1. The molecule has 4 atom stereocenters. The van der Waals surface area contributed by atoms with Crippen LogP contribution in [0.1, 0.15) is 53.3 Å². The molecule has 1 fully saturated rings. The van der Waals surface area contributed by atoms with E-state index < -0.39 is 62.0 Å². The quantitative estimate of drug-likeness (QED) is 0.377. The first-order valence-electron chi connectivity index (χ1n) is 12.7. The number of aryl methyl sites for hydroxylation is 1. The number of nitrogens with zero attached hydrogens (tertiary/aromatic N) is 1. The number of aromatic amines is 1. The second-order valence-electron chi connectivity index (χ2n) is 13.3. The smallest absolute Gasteiger partial charge is 0.330 e.